The first kappa shape index (κ1) is 15.6. The van der Waals surface area contributed by atoms with Crippen molar-refractivity contribution in [1.82, 2.24) is 14.7 Å². The van der Waals surface area contributed by atoms with E-state index in [1.54, 1.807) is 10.8 Å². The molecule has 1 fully saturated rings. The zero-order valence-corrected chi connectivity index (χ0v) is 14.0. The molecule has 2 heterocycles. The highest BCUT2D eigenvalue weighted by atomic mass is 79.9. The van der Waals surface area contributed by atoms with Gasteiger partial charge in [-0.1, -0.05) is 0 Å². The van der Waals surface area contributed by atoms with Crippen LogP contribution in [0.3, 0.4) is 0 Å². The topological polar surface area (TPSA) is 22.1 Å². The van der Waals surface area contributed by atoms with Crippen LogP contribution in [-0.4, -0.2) is 72.7 Å². The average molecular weight is 341 g/mol. The van der Waals surface area contributed by atoms with Crippen molar-refractivity contribution in [3.8, 4) is 0 Å². The van der Waals surface area contributed by atoms with Crippen molar-refractivity contribution < 1.29 is 0 Å². The second-order valence-electron chi connectivity index (χ2n) is 4.50. The molecular formula is C10H21BrN4S2. The maximum absolute atomic E-state index is 4.75. The third-order valence-corrected chi connectivity index (χ3v) is 5.42. The maximum atomic E-state index is 4.75. The lowest BCUT2D eigenvalue weighted by Crippen LogP contribution is -2.34. The van der Waals surface area contributed by atoms with E-state index in [2.05, 4.69) is 35.8 Å². The Morgan fingerprint density at radius 1 is 1.24 bits per heavy atom. The number of aliphatic imine (C=N–C) groups is 1. The highest BCUT2D eigenvalue weighted by Crippen LogP contribution is 2.38. The van der Waals surface area contributed by atoms with Gasteiger partial charge in [0.25, 0.3) is 0 Å². The van der Waals surface area contributed by atoms with Crippen LogP contribution in [0, 0.1) is 0 Å². The number of hydrogen-bond acceptors (Lipinski definition) is 6. The minimum atomic E-state index is 0. The van der Waals surface area contributed by atoms with Gasteiger partial charge in [-0.05, 0) is 41.6 Å². The van der Waals surface area contributed by atoms with Gasteiger partial charge < -0.3 is 9.80 Å². The molecule has 0 aromatic heterocycles. The summed E-state index contributed by atoms with van der Waals surface area (Å²) in [5.74, 6) is 0. The van der Waals surface area contributed by atoms with Crippen molar-refractivity contribution in [3.63, 3.8) is 0 Å². The van der Waals surface area contributed by atoms with Crippen LogP contribution < -0.4 is 0 Å². The minimum Gasteiger partial charge on any atom is -0.357 e. The van der Waals surface area contributed by atoms with Crippen LogP contribution in [0.4, 0.5) is 0 Å². The first-order valence-electron chi connectivity index (χ1n) is 5.68. The molecule has 0 N–H and O–H groups in total. The summed E-state index contributed by atoms with van der Waals surface area (Å²) in [5.41, 5.74) is 0.328. The molecule has 4 nitrogen and oxygen atoms in total. The van der Waals surface area contributed by atoms with Gasteiger partial charge in [-0.2, -0.15) is 0 Å². The van der Waals surface area contributed by atoms with Crippen LogP contribution in [0.25, 0.3) is 0 Å². The van der Waals surface area contributed by atoms with E-state index >= 15 is 0 Å². The van der Waals surface area contributed by atoms with Crippen molar-refractivity contribution in [2.24, 2.45) is 4.99 Å². The van der Waals surface area contributed by atoms with Crippen molar-refractivity contribution in [2.75, 3.05) is 47.3 Å². The third-order valence-electron chi connectivity index (χ3n) is 2.88. The van der Waals surface area contributed by atoms with Crippen LogP contribution in [0.2, 0.25) is 0 Å². The summed E-state index contributed by atoms with van der Waals surface area (Å²) >= 11 is 0. The van der Waals surface area contributed by atoms with E-state index < -0.39 is 0 Å². The second-order valence-corrected chi connectivity index (χ2v) is 6.73. The maximum Gasteiger partial charge on any atom is 0.172 e. The molecule has 17 heavy (non-hydrogen) atoms. The van der Waals surface area contributed by atoms with E-state index in [1.165, 1.54) is 19.5 Å². The smallest absolute Gasteiger partial charge is 0.172 e. The number of hydrogen-bond donors (Lipinski definition) is 0. The summed E-state index contributed by atoms with van der Waals surface area (Å²) in [4.78, 5) is 11.8. The van der Waals surface area contributed by atoms with Gasteiger partial charge in [-0.25, -0.2) is 4.99 Å². The summed E-state index contributed by atoms with van der Waals surface area (Å²) in [7, 11) is 10.00. The molecule has 1 atom stereocenters. The van der Waals surface area contributed by atoms with Gasteiger partial charge in [0.05, 0.1) is 0 Å². The third kappa shape index (κ3) is 4.31. The van der Waals surface area contributed by atoms with Crippen LogP contribution in [0.1, 0.15) is 6.42 Å². The molecule has 0 bridgehead atoms. The summed E-state index contributed by atoms with van der Waals surface area (Å²) in [5, 5.41) is 1.15. The number of likely N-dealkylation sites (N-methyl/N-ethyl adjacent to an activating group) is 1. The Labute approximate surface area is 122 Å². The molecule has 0 saturated carbocycles. The minimum absolute atomic E-state index is 0. The van der Waals surface area contributed by atoms with Crippen molar-refractivity contribution in [2.45, 2.75) is 11.9 Å². The highest BCUT2D eigenvalue weighted by molar-refractivity contribution is 8.93. The largest absolute Gasteiger partial charge is 0.357 e. The zero-order chi connectivity index (χ0) is 11.5. The molecule has 0 aliphatic carbocycles. The van der Waals surface area contributed by atoms with Gasteiger partial charge >= 0.3 is 0 Å². The Morgan fingerprint density at radius 3 is 2.65 bits per heavy atom. The Kier molecular flexibility index (Phi) is 6.65. The molecule has 2 rings (SSSR count). The molecule has 0 aromatic rings. The van der Waals surface area contributed by atoms with E-state index in [0.29, 0.717) is 5.50 Å². The van der Waals surface area contributed by atoms with Gasteiger partial charge in [-0.15, -0.1) is 17.0 Å². The zero-order valence-electron chi connectivity index (χ0n) is 10.6. The molecular weight excluding hydrogens is 320 g/mol. The van der Waals surface area contributed by atoms with Gasteiger partial charge in [0.1, 0.15) is 0 Å². The number of rotatable bonds is 1. The average Bonchev–Trinajstić information content (AvgIpc) is 2.63. The fourth-order valence-electron chi connectivity index (χ4n) is 1.84. The van der Waals surface area contributed by atoms with Crippen molar-refractivity contribution >= 4 is 43.7 Å². The molecule has 0 aromatic carbocycles. The van der Waals surface area contributed by atoms with Crippen molar-refractivity contribution in [1.29, 1.82) is 0 Å². The van der Waals surface area contributed by atoms with E-state index in [-0.39, 0.29) is 17.0 Å². The van der Waals surface area contributed by atoms with Crippen LogP contribution >= 0.6 is 38.6 Å². The summed E-state index contributed by atoms with van der Waals surface area (Å²) in [6.45, 7) is 4.69. The molecule has 7 heteroatoms. The Bertz CT molecular complexity index is 275. The quantitative estimate of drug-likeness (QED) is 0.677. The number of nitrogens with zero attached hydrogens (tertiary/aromatic N) is 4. The van der Waals surface area contributed by atoms with E-state index in [4.69, 9.17) is 4.99 Å². The molecule has 0 amide bonds. The molecule has 1 unspecified atom stereocenters. The highest BCUT2D eigenvalue weighted by Gasteiger charge is 2.27. The van der Waals surface area contributed by atoms with Crippen LogP contribution in [0.15, 0.2) is 4.99 Å². The number of amidine groups is 1. The van der Waals surface area contributed by atoms with E-state index in [9.17, 15) is 0 Å². The lowest BCUT2D eigenvalue weighted by molar-refractivity contribution is 0.266. The first-order chi connectivity index (χ1) is 7.66. The monoisotopic (exact) mass is 340 g/mol. The SMILES string of the molecule is Br.CN1CCCN(C2N=C(N(C)C)SS2)CC1. The van der Waals surface area contributed by atoms with E-state index in [1.807, 2.05) is 10.8 Å². The molecule has 2 aliphatic rings. The first-order valence-corrected chi connectivity index (χ1v) is 7.89. The summed E-state index contributed by atoms with van der Waals surface area (Å²) in [6.07, 6.45) is 1.26. The predicted molar refractivity (Wildman–Crippen MR) is 84.1 cm³/mol. The molecule has 1 saturated heterocycles. The fourth-order valence-corrected chi connectivity index (χ4v) is 4.44. The van der Waals surface area contributed by atoms with Gasteiger partial charge in [0.15, 0.2) is 10.7 Å². The summed E-state index contributed by atoms with van der Waals surface area (Å²) < 4.78 is 0. The number of halogens is 1. The Morgan fingerprint density at radius 2 is 2.00 bits per heavy atom. The molecule has 0 spiro atoms. The van der Waals surface area contributed by atoms with Crippen LogP contribution in [-0.2, 0) is 0 Å². The normalized spacial score (nSPS) is 27.2. The lowest BCUT2D eigenvalue weighted by Gasteiger charge is -2.23. The Hall–Kier alpha value is 0.570. The van der Waals surface area contributed by atoms with Crippen molar-refractivity contribution in [3.05, 3.63) is 0 Å². The molecule has 100 valence electrons. The fraction of sp³-hybridized carbons (Fsp3) is 0.900. The predicted octanol–water partition coefficient (Wildman–Crippen LogP) is 1.80. The summed E-state index contributed by atoms with van der Waals surface area (Å²) in [6, 6.07) is 0. The van der Waals surface area contributed by atoms with Gasteiger partial charge in [-0.3, -0.25) is 4.90 Å². The van der Waals surface area contributed by atoms with Gasteiger partial charge in [0.2, 0.25) is 0 Å². The second kappa shape index (κ2) is 7.23. The Balaban J connectivity index is 0.00000144. The standard InChI is InChI=1S/C10H20N4S2.BrH/c1-12(2)9-11-10(16-15-9)14-6-4-5-13(3)7-8-14;/h10H,4-8H2,1-3H3;1H. The van der Waals surface area contributed by atoms with E-state index in [0.717, 1.165) is 18.3 Å². The van der Waals surface area contributed by atoms with Gasteiger partial charge in [0, 0.05) is 33.7 Å². The lowest BCUT2D eigenvalue weighted by atomic mass is 10.4. The molecule has 2 aliphatic heterocycles. The molecule has 0 radical (unpaired) electrons. The van der Waals surface area contributed by atoms with Crippen LogP contribution in [0.5, 0.6) is 0 Å².